The molecule has 0 saturated carbocycles. The first-order chi connectivity index (χ1) is 15.7. The topological polar surface area (TPSA) is 114 Å². The molecule has 4 rings (SSSR count). The molecule has 2 aliphatic heterocycles. The molecule has 0 spiro atoms. The molecule has 174 valence electrons. The number of aliphatic hydroxyl groups excluding tert-OH is 1. The van der Waals surface area contributed by atoms with Crippen LogP contribution < -0.4 is 5.32 Å². The Morgan fingerprint density at radius 1 is 1.39 bits per heavy atom. The molecule has 2 N–H and O–H groups in total. The highest BCUT2D eigenvalue weighted by atomic mass is 19.1. The summed E-state index contributed by atoms with van der Waals surface area (Å²) in [4.78, 5) is 28.9. The van der Waals surface area contributed by atoms with Gasteiger partial charge in [-0.1, -0.05) is 6.92 Å². The maximum atomic E-state index is 14.4. The van der Waals surface area contributed by atoms with Crippen molar-refractivity contribution < 1.29 is 23.5 Å². The molecule has 3 amide bonds. The lowest BCUT2D eigenvalue weighted by Gasteiger charge is -2.28. The fourth-order valence-corrected chi connectivity index (χ4v) is 4.39. The van der Waals surface area contributed by atoms with Gasteiger partial charge in [0.15, 0.2) is 5.82 Å². The maximum Gasteiger partial charge on any atom is 0.322 e. The number of nitrogens with zero attached hydrogens (tertiary/aromatic N) is 5. The summed E-state index contributed by atoms with van der Waals surface area (Å²) in [5.41, 5.74) is 0.646. The summed E-state index contributed by atoms with van der Waals surface area (Å²) in [5.74, 6) is -2.55. The van der Waals surface area contributed by atoms with E-state index in [1.165, 1.54) is 11.0 Å². The van der Waals surface area contributed by atoms with Crippen molar-refractivity contribution in [3.05, 3.63) is 46.3 Å². The van der Waals surface area contributed by atoms with Crippen LogP contribution >= 0.6 is 0 Å². The van der Waals surface area contributed by atoms with Crippen LogP contribution in [0.5, 0.6) is 0 Å². The van der Waals surface area contributed by atoms with E-state index in [-0.39, 0.29) is 30.6 Å². The molecule has 2 aliphatic rings. The molecule has 1 aromatic heterocycles. The second-order valence-corrected chi connectivity index (χ2v) is 8.37. The summed E-state index contributed by atoms with van der Waals surface area (Å²) in [6.45, 7) is 3.03. The van der Waals surface area contributed by atoms with Gasteiger partial charge in [0, 0.05) is 44.6 Å². The number of halogens is 2. The zero-order valence-electron chi connectivity index (χ0n) is 18.3. The van der Waals surface area contributed by atoms with Gasteiger partial charge in [-0.25, -0.2) is 13.6 Å². The number of amides is 3. The summed E-state index contributed by atoms with van der Waals surface area (Å²) >= 11 is 0. The van der Waals surface area contributed by atoms with Gasteiger partial charge in [0.25, 0.3) is 5.91 Å². The molecule has 0 radical (unpaired) electrons. The Balaban J connectivity index is 1.59. The number of hydrogen-bond acceptors (Lipinski definition) is 5. The zero-order chi connectivity index (χ0) is 23.9. The highest BCUT2D eigenvalue weighted by Gasteiger charge is 2.36. The number of carbonyl (C=O) groups is 2. The lowest BCUT2D eigenvalue weighted by Crippen LogP contribution is -2.40. The molecule has 2 atom stereocenters. The first kappa shape index (κ1) is 22.7. The predicted octanol–water partition coefficient (Wildman–Crippen LogP) is 2.10. The molecular formula is C22H24F2N6O3. The van der Waals surface area contributed by atoms with Crippen LogP contribution in [0.1, 0.15) is 40.7 Å². The Morgan fingerprint density at radius 2 is 2.15 bits per heavy atom. The highest BCUT2D eigenvalue weighted by molar-refractivity contribution is 5.95. The number of nitriles is 1. The Bertz CT molecular complexity index is 1160. The molecule has 0 fully saturated rings. The van der Waals surface area contributed by atoms with Crippen LogP contribution in [-0.2, 0) is 19.5 Å². The smallest absolute Gasteiger partial charge is 0.322 e. The zero-order valence-corrected chi connectivity index (χ0v) is 18.3. The maximum absolute atomic E-state index is 14.4. The summed E-state index contributed by atoms with van der Waals surface area (Å²) in [6.07, 6.45) is 0.388. The van der Waals surface area contributed by atoms with Crippen LogP contribution in [0.2, 0.25) is 0 Å². The summed E-state index contributed by atoms with van der Waals surface area (Å²) in [6, 6.07) is 2.78. The number of hydrogen-bond donors (Lipinski definition) is 2. The molecule has 11 heteroatoms. The van der Waals surface area contributed by atoms with Gasteiger partial charge in [0.1, 0.15) is 23.1 Å². The SMILES string of the molecule is CC[C@H](O)[C@H]1CN(C)C(=O)c2c3c(nn2C1)CCN(C(=O)Nc1ccc(F)c(C#N)c1F)C3. The van der Waals surface area contributed by atoms with E-state index in [9.17, 15) is 23.5 Å². The largest absolute Gasteiger partial charge is 0.393 e. The molecule has 0 unspecified atom stereocenters. The lowest BCUT2D eigenvalue weighted by atomic mass is 10.0. The third kappa shape index (κ3) is 4.02. The average Bonchev–Trinajstić information content (AvgIpc) is 3.10. The van der Waals surface area contributed by atoms with Crippen LogP contribution in [0, 0.1) is 28.9 Å². The van der Waals surface area contributed by atoms with E-state index in [1.54, 1.807) is 16.6 Å². The fraction of sp³-hybridized carbons (Fsp3) is 0.455. The van der Waals surface area contributed by atoms with Crippen molar-refractivity contribution in [1.82, 2.24) is 19.6 Å². The number of nitrogens with one attached hydrogen (secondary N) is 1. The normalized spacial score (nSPS) is 18.8. The van der Waals surface area contributed by atoms with Crippen molar-refractivity contribution in [2.24, 2.45) is 5.92 Å². The highest BCUT2D eigenvalue weighted by Crippen LogP contribution is 2.28. The quantitative estimate of drug-likeness (QED) is 0.731. The molecule has 0 saturated heterocycles. The van der Waals surface area contributed by atoms with Gasteiger partial charge in [0.05, 0.1) is 24.0 Å². The van der Waals surface area contributed by atoms with E-state index in [2.05, 4.69) is 10.4 Å². The summed E-state index contributed by atoms with van der Waals surface area (Å²) < 4.78 is 29.6. The van der Waals surface area contributed by atoms with Crippen LogP contribution in [-0.4, -0.2) is 62.9 Å². The van der Waals surface area contributed by atoms with Gasteiger partial charge < -0.3 is 20.2 Å². The molecule has 0 bridgehead atoms. The summed E-state index contributed by atoms with van der Waals surface area (Å²) in [5, 5.41) is 26.3. The van der Waals surface area contributed by atoms with Crippen molar-refractivity contribution in [2.45, 2.75) is 39.0 Å². The number of fused-ring (bicyclic) bond motifs is 3. The minimum Gasteiger partial charge on any atom is -0.393 e. The number of aromatic nitrogens is 2. The fourth-order valence-electron chi connectivity index (χ4n) is 4.39. The van der Waals surface area contributed by atoms with Gasteiger partial charge in [-0.2, -0.15) is 10.4 Å². The van der Waals surface area contributed by atoms with E-state index >= 15 is 0 Å². The van der Waals surface area contributed by atoms with Gasteiger partial charge in [-0.05, 0) is 18.6 Å². The molecular weight excluding hydrogens is 434 g/mol. The lowest BCUT2D eigenvalue weighted by molar-refractivity contribution is 0.0626. The van der Waals surface area contributed by atoms with E-state index in [0.717, 1.165) is 12.1 Å². The molecule has 1 aromatic carbocycles. The number of anilines is 1. The Morgan fingerprint density at radius 3 is 2.85 bits per heavy atom. The third-order valence-corrected chi connectivity index (χ3v) is 6.26. The second-order valence-electron chi connectivity index (χ2n) is 8.37. The molecule has 2 aromatic rings. The van der Waals surface area contributed by atoms with Crippen molar-refractivity contribution in [1.29, 1.82) is 5.26 Å². The number of rotatable bonds is 3. The number of urea groups is 1. The van der Waals surface area contributed by atoms with E-state index < -0.39 is 29.3 Å². The predicted molar refractivity (Wildman–Crippen MR) is 113 cm³/mol. The van der Waals surface area contributed by atoms with E-state index in [1.807, 2.05) is 6.92 Å². The molecule has 3 heterocycles. The van der Waals surface area contributed by atoms with Crippen molar-refractivity contribution in [3.8, 4) is 6.07 Å². The average molecular weight is 458 g/mol. The molecule has 33 heavy (non-hydrogen) atoms. The molecule has 0 aliphatic carbocycles. The Labute approximate surface area is 189 Å². The molecule has 9 nitrogen and oxygen atoms in total. The Kier molecular flexibility index (Phi) is 6.03. The number of benzene rings is 1. The second kappa shape index (κ2) is 8.78. The van der Waals surface area contributed by atoms with Gasteiger partial charge in [0.2, 0.25) is 0 Å². The van der Waals surface area contributed by atoms with Gasteiger partial charge >= 0.3 is 6.03 Å². The van der Waals surface area contributed by atoms with Crippen molar-refractivity contribution in [2.75, 3.05) is 25.5 Å². The van der Waals surface area contributed by atoms with Gasteiger partial charge in [-0.3, -0.25) is 9.48 Å². The van der Waals surface area contributed by atoms with E-state index in [4.69, 9.17) is 5.26 Å². The van der Waals surface area contributed by atoms with E-state index in [0.29, 0.717) is 42.9 Å². The number of carbonyl (C=O) groups excluding carboxylic acids is 2. The minimum absolute atomic E-state index is 0.0883. The first-order valence-corrected chi connectivity index (χ1v) is 10.7. The van der Waals surface area contributed by atoms with Crippen molar-refractivity contribution in [3.63, 3.8) is 0 Å². The van der Waals surface area contributed by atoms with Crippen LogP contribution in [0.3, 0.4) is 0 Å². The van der Waals surface area contributed by atoms with Crippen LogP contribution in [0.15, 0.2) is 12.1 Å². The standard InChI is InChI=1S/C22H24F2N6O3/c1-3-18(31)12-9-28(2)21(32)20-14-11-29(7-6-16(14)27-30(20)10-12)22(33)26-17-5-4-15(23)13(8-25)19(17)24/h4-5,12,18,31H,3,6-7,9-11H2,1-2H3,(H,26,33)/t12-,18-/m0/s1. The van der Waals surface area contributed by atoms with Crippen LogP contribution in [0.4, 0.5) is 19.3 Å². The minimum atomic E-state index is -1.14. The Hall–Kier alpha value is -3.52. The number of aliphatic hydroxyl groups is 1. The van der Waals surface area contributed by atoms with Gasteiger partial charge in [-0.15, -0.1) is 0 Å². The third-order valence-electron chi connectivity index (χ3n) is 6.26. The van der Waals surface area contributed by atoms with Crippen molar-refractivity contribution >= 4 is 17.6 Å². The summed E-state index contributed by atoms with van der Waals surface area (Å²) in [7, 11) is 1.67. The monoisotopic (exact) mass is 458 g/mol. The van der Waals surface area contributed by atoms with Crippen LogP contribution in [0.25, 0.3) is 0 Å². The first-order valence-electron chi connectivity index (χ1n) is 10.7.